The maximum Gasteiger partial charge on any atom is 0.338 e. The third kappa shape index (κ3) is 2.87. The van der Waals surface area contributed by atoms with Crippen molar-refractivity contribution >= 4 is 55.2 Å². The molecule has 2 aliphatic heterocycles. The second-order valence-corrected chi connectivity index (χ2v) is 6.73. The van der Waals surface area contributed by atoms with E-state index in [0.717, 1.165) is 20.1 Å². The second-order valence-electron chi connectivity index (χ2n) is 5.14. The van der Waals surface area contributed by atoms with Crippen molar-refractivity contribution < 1.29 is 19.1 Å². The van der Waals surface area contributed by atoms with Gasteiger partial charge in [-0.15, -0.1) is 0 Å². The fourth-order valence-electron chi connectivity index (χ4n) is 2.37. The van der Waals surface area contributed by atoms with Crippen molar-refractivity contribution in [3.63, 3.8) is 0 Å². The van der Waals surface area contributed by atoms with Gasteiger partial charge in [0.25, 0.3) is 0 Å². The number of halogens is 2. The van der Waals surface area contributed by atoms with Crippen LogP contribution in [0.2, 0.25) is 0 Å². The van der Waals surface area contributed by atoms with Crippen LogP contribution in [0, 0.1) is 0 Å². The van der Waals surface area contributed by atoms with Crippen molar-refractivity contribution in [3.8, 4) is 0 Å². The van der Waals surface area contributed by atoms with E-state index in [1.54, 1.807) is 24.3 Å². The number of esters is 2. The van der Waals surface area contributed by atoms with Crippen molar-refractivity contribution in [2.75, 3.05) is 11.5 Å². The maximum absolute atomic E-state index is 11.0. The summed E-state index contributed by atoms with van der Waals surface area (Å²) < 4.78 is 11.2. The SMILES string of the molecule is Nc1ccc2c(c1Br)COC2=O.Nc1ccc2c(c1Br)COC2=O. The number of ether oxygens (including phenoxy) is 2. The number of nitrogen functional groups attached to an aromatic ring is 2. The van der Waals surface area contributed by atoms with Crippen molar-refractivity contribution in [3.05, 3.63) is 55.5 Å². The van der Waals surface area contributed by atoms with Crippen LogP contribution < -0.4 is 11.5 Å². The van der Waals surface area contributed by atoms with Gasteiger partial charge in [0.2, 0.25) is 0 Å². The minimum atomic E-state index is -0.272. The van der Waals surface area contributed by atoms with Gasteiger partial charge in [0.1, 0.15) is 13.2 Å². The number of hydrogen-bond acceptors (Lipinski definition) is 6. The van der Waals surface area contributed by atoms with Gasteiger partial charge in [-0.1, -0.05) is 0 Å². The van der Waals surface area contributed by atoms with Crippen LogP contribution in [0.1, 0.15) is 31.8 Å². The van der Waals surface area contributed by atoms with Gasteiger partial charge in [0.15, 0.2) is 0 Å². The van der Waals surface area contributed by atoms with E-state index in [9.17, 15) is 9.59 Å². The molecule has 0 saturated carbocycles. The van der Waals surface area contributed by atoms with Crippen LogP contribution in [0.3, 0.4) is 0 Å². The Balaban J connectivity index is 0.000000141. The Kier molecular flexibility index (Phi) is 4.51. The van der Waals surface area contributed by atoms with E-state index < -0.39 is 0 Å². The predicted molar refractivity (Wildman–Crippen MR) is 95.3 cm³/mol. The molecule has 0 radical (unpaired) electrons. The molecular formula is C16H12Br2N2O4. The van der Waals surface area contributed by atoms with E-state index in [0.29, 0.717) is 35.7 Å². The highest BCUT2D eigenvalue weighted by molar-refractivity contribution is 9.11. The average molecular weight is 456 g/mol. The number of carbonyl (C=O) groups excluding carboxylic acids is 2. The van der Waals surface area contributed by atoms with Crippen LogP contribution in [0.4, 0.5) is 11.4 Å². The number of nitrogens with two attached hydrogens (primary N) is 2. The van der Waals surface area contributed by atoms with Crippen molar-refractivity contribution in [1.82, 2.24) is 0 Å². The standard InChI is InChI=1S/2C8H6BrNO2/c2*9-7-5-3-12-8(11)4(5)1-2-6(7)10/h2*1-2H,3,10H2. The number of benzene rings is 2. The Morgan fingerprint density at radius 1 is 0.750 bits per heavy atom. The highest BCUT2D eigenvalue weighted by Crippen LogP contribution is 2.32. The fraction of sp³-hybridized carbons (Fsp3) is 0.125. The summed E-state index contributed by atoms with van der Waals surface area (Å²) in [5.74, 6) is -0.545. The van der Waals surface area contributed by atoms with Crippen LogP contribution >= 0.6 is 31.9 Å². The first-order valence-corrected chi connectivity index (χ1v) is 8.46. The van der Waals surface area contributed by atoms with E-state index >= 15 is 0 Å². The zero-order valence-electron chi connectivity index (χ0n) is 12.3. The number of carbonyl (C=O) groups is 2. The Labute approximate surface area is 154 Å². The summed E-state index contributed by atoms with van der Waals surface area (Å²) in [4.78, 5) is 22.1. The summed E-state index contributed by atoms with van der Waals surface area (Å²) >= 11 is 6.60. The van der Waals surface area contributed by atoms with Gasteiger partial charge in [0, 0.05) is 31.4 Å². The highest BCUT2D eigenvalue weighted by atomic mass is 79.9. The largest absolute Gasteiger partial charge is 0.457 e. The van der Waals surface area contributed by atoms with Crippen molar-refractivity contribution in [1.29, 1.82) is 0 Å². The van der Waals surface area contributed by atoms with Gasteiger partial charge in [-0.2, -0.15) is 0 Å². The van der Waals surface area contributed by atoms with Crippen molar-refractivity contribution in [2.45, 2.75) is 13.2 Å². The molecule has 0 aromatic heterocycles. The van der Waals surface area contributed by atoms with Crippen LogP contribution in [0.25, 0.3) is 0 Å². The van der Waals surface area contributed by atoms with Gasteiger partial charge in [-0.25, -0.2) is 9.59 Å². The van der Waals surface area contributed by atoms with E-state index in [4.69, 9.17) is 20.9 Å². The van der Waals surface area contributed by atoms with Crippen LogP contribution in [0.5, 0.6) is 0 Å². The topological polar surface area (TPSA) is 105 Å². The van der Waals surface area contributed by atoms with Gasteiger partial charge < -0.3 is 20.9 Å². The van der Waals surface area contributed by atoms with Gasteiger partial charge in [0.05, 0.1) is 11.1 Å². The van der Waals surface area contributed by atoms with Gasteiger partial charge in [-0.3, -0.25) is 0 Å². The summed E-state index contributed by atoms with van der Waals surface area (Å²) in [6.07, 6.45) is 0. The van der Waals surface area contributed by atoms with Crippen LogP contribution in [0.15, 0.2) is 33.2 Å². The molecule has 0 bridgehead atoms. The molecule has 0 aliphatic carbocycles. The number of cyclic esters (lactones) is 2. The molecule has 0 amide bonds. The molecule has 4 rings (SSSR count). The van der Waals surface area contributed by atoms with E-state index in [-0.39, 0.29) is 11.9 Å². The molecule has 24 heavy (non-hydrogen) atoms. The predicted octanol–water partition coefficient (Wildman–Crippen LogP) is 3.40. The zero-order chi connectivity index (χ0) is 17.4. The van der Waals surface area contributed by atoms with Gasteiger partial charge in [-0.05, 0) is 56.1 Å². The zero-order valence-corrected chi connectivity index (χ0v) is 15.4. The third-order valence-corrected chi connectivity index (χ3v) is 5.55. The molecule has 2 aromatic rings. The highest BCUT2D eigenvalue weighted by Gasteiger charge is 2.24. The molecule has 0 unspecified atom stereocenters. The number of hydrogen-bond donors (Lipinski definition) is 2. The van der Waals surface area contributed by atoms with Crippen molar-refractivity contribution in [2.24, 2.45) is 0 Å². The summed E-state index contributed by atoms with van der Waals surface area (Å²) in [7, 11) is 0. The first-order chi connectivity index (χ1) is 11.4. The first kappa shape index (κ1) is 16.8. The molecule has 8 heteroatoms. The normalized spacial score (nSPS) is 14.2. The summed E-state index contributed by atoms with van der Waals surface area (Å²) in [5, 5.41) is 0. The Morgan fingerprint density at radius 3 is 1.50 bits per heavy atom. The smallest absolute Gasteiger partial charge is 0.338 e. The molecule has 6 nitrogen and oxygen atoms in total. The lowest BCUT2D eigenvalue weighted by atomic mass is 10.1. The molecule has 4 N–H and O–H groups in total. The Morgan fingerprint density at radius 2 is 1.12 bits per heavy atom. The lowest BCUT2D eigenvalue weighted by molar-refractivity contribution is 0.0526. The van der Waals surface area contributed by atoms with E-state index in [1.165, 1.54) is 0 Å². The van der Waals surface area contributed by atoms with Gasteiger partial charge >= 0.3 is 11.9 Å². The molecule has 2 aliphatic rings. The number of anilines is 2. The third-order valence-electron chi connectivity index (χ3n) is 3.68. The fourth-order valence-corrected chi connectivity index (χ4v) is 3.29. The van der Waals surface area contributed by atoms with Crippen LogP contribution in [-0.4, -0.2) is 11.9 Å². The Bertz CT molecular complexity index is 796. The maximum atomic E-state index is 11.0. The number of fused-ring (bicyclic) bond motifs is 2. The first-order valence-electron chi connectivity index (χ1n) is 6.88. The van der Waals surface area contributed by atoms with Crippen LogP contribution in [-0.2, 0) is 22.7 Å². The average Bonchev–Trinajstić information content (AvgIpc) is 3.12. The molecular weight excluding hydrogens is 444 g/mol. The molecule has 0 saturated heterocycles. The lowest BCUT2D eigenvalue weighted by Gasteiger charge is -2.00. The molecule has 2 heterocycles. The monoisotopic (exact) mass is 454 g/mol. The quantitative estimate of drug-likeness (QED) is 0.466. The molecule has 0 fully saturated rings. The minimum Gasteiger partial charge on any atom is -0.457 e. The molecule has 0 atom stereocenters. The minimum absolute atomic E-state index is 0.272. The molecule has 124 valence electrons. The second kappa shape index (κ2) is 6.45. The molecule has 2 aromatic carbocycles. The molecule has 0 spiro atoms. The lowest BCUT2D eigenvalue weighted by Crippen LogP contribution is -1.95. The Hall–Kier alpha value is -2.06. The van der Waals surface area contributed by atoms with E-state index in [1.807, 2.05) is 0 Å². The summed E-state index contributed by atoms with van der Waals surface area (Å²) in [6.45, 7) is 0.638. The summed E-state index contributed by atoms with van der Waals surface area (Å²) in [5.41, 5.74) is 15.4. The number of rotatable bonds is 0. The summed E-state index contributed by atoms with van der Waals surface area (Å²) in [6, 6.07) is 6.75. The van der Waals surface area contributed by atoms with E-state index in [2.05, 4.69) is 31.9 Å².